The van der Waals surface area contributed by atoms with Gasteiger partial charge in [-0.3, -0.25) is 9.32 Å². The number of nitrogen functional groups attached to an aromatic ring is 1. The summed E-state index contributed by atoms with van der Waals surface area (Å²) in [5, 5.41) is 19.6. The Balaban J connectivity index is 1.61. The van der Waals surface area contributed by atoms with Crippen molar-refractivity contribution in [3.63, 3.8) is 0 Å². The van der Waals surface area contributed by atoms with Crippen LogP contribution in [0.3, 0.4) is 0 Å². The lowest BCUT2D eigenvalue weighted by Crippen LogP contribution is -2.62. The number of ether oxygens (including phenoxy) is 1. The van der Waals surface area contributed by atoms with Crippen LogP contribution in [-0.2, 0) is 11.2 Å². The predicted molar refractivity (Wildman–Crippen MR) is 135 cm³/mol. The molecule has 11 heteroatoms. The molecule has 1 fully saturated rings. The van der Waals surface area contributed by atoms with E-state index in [4.69, 9.17) is 15.0 Å². The number of thiophene rings is 1. The SMILES string of the molecule is CCc1ccc(-c2c(C(C)=O)c(C)nc3sc(/C([O-])=N/c4c[n+](N5CCOCC5)no4)c(N)c23)cc1. The van der Waals surface area contributed by atoms with E-state index in [-0.39, 0.29) is 22.2 Å². The van der Waals surface area contributed by atoms with E-state index in [9.17, 15) is 9.90 Å². The highest BCUT2D eigenvalue weighted by Crippen LogP contribution is 2.42. The van der Waals surface area contributed by atoms with E-state index in [1.54, 1.807) is 13.1 Å². The van der Waals surface area contributed by atoms with Crippen LogP contribution < -0.4 is 20.6 Å². The summed E-state index contributed by atoms with van der Waals surface area (Å²) >= 11 is 1.15. The number of Topliss-reactive ketones (excluding diaryl/α,β-unsaturated/α-hetero) is 1. The fourth-order valence-corrected chi connectivity index (χ4v) is 5.41. The molecule has 3 aromatic heterocycles. The number of anilines is 1. The van der Waals surface area contributed by atoms with E-state index in [0.717, 1.165) is 23.3 Å². The summed E-state index contributed by atoms with van der Waals surface area (Å²) < 4.78 is 10.6. The van der Waals surface area contributed by atoms with E-state index in [0.29, 0.717) is 53.3 Å². The first-order valence-electron chi connectivity index (χ1n) is 11.7. The summed E-state index contributed by atoms with van der Waals surface area (Å²) in [6.45, 7) is 7.86. The molecule has 1 aromatic carbocycles. The highest BCUT2D eigenvalue weighted by atomic mass is 32.1. The van der Waals surface area contributed by atoms with Gasteiger partial charge in [0.2, 0.25) is 5.27 Å². The minimum Gasteiger partial charge on any atom is -0.857 e. The summed E-state index contributed by atoms with van der Waals surface area (Å²) in [4.78, 5) is 23.7. The van der Waals surface area contributed by atoms with Crippen LogP contribution in [0.5, 0.6) is 0 Å². The first-order valence-corrected chi connectivity index (χ1v) is 12.5. The van der Waals surface area contributed by atoms with E-state index in [1.807, 2.05) is 29.3 Å². The quantitative estimate of drug-likeness (QED) is 0.182. The number of ketones is 1. The highest BCUT2D eigenvalue weighted by Gasteiger charge is 2.25. The molecule has 186 valence electrons. The molecule has 36 heavy (non-hydrogen) atoms. The summed E-state index contributed by atoms with van der Waals surface area (Å²) in [6.07, 6.45) is 2.45. The molecule has 4 aromatic rings. The molecule has 2 N–H and O–H groups in total. The minimum absolute atomic E-state index is 0.0623. The molecule has 0 radical (unpaired) electrons. The highest BCUT2D eigenvalue weighted by molar-refractivity contribution is 7.21. The van der Waals surface area contributed by atoms with Crippen molar-refractivity contribution >= 4 is 44.8 Å². The van der Waals surface area contributed by atoms with Gasteiger partial charge < -0.3 is 15.6 Å². The lowest BCUT2D eigenvalue weighted by Gasteiger charge is -2.18. The minimum atomic E-state index is -0.560. The Morgan fingerprint density at radius 1 is 1.28 bits per heavy atom. The Morgan fingerprint density at radius 3 is 2.67 bits per heavy atom. The zero-order valence-electron chi connectivity index (χ0n) is 20.3. The number of pyridine rings is 1. The maximum Gasteiger partial charge on any atom is 0.324 e. The lowest BCUT2D eigenvalue weighted by molar-refractivity contribution is -0.759. The number of carbonyl (C=O) groups is 1. The molecule has 0 saturated carbocycles. The van der Waals surface area contributed by atoms with Crippen molar-refractivity contribution in [1.29, 1.82) is 0 Å². The molecule has 0 unspecified atom stereocenters. The normalized spacial score (nSPS) is 14.5. The van der Waals surface area contributed by atoms with Crippen LogP contribution in [0, 0.1) is 6.92 Å². The monoisotopic (exact) mass is 506 g/mol. The molecule has 0 bridgehead atoms. The number of aryl methyl sites for hydroxylation is 2. The first-order chi connectivity index (χ1) is 17.4. The van der Waals surface area contributed by atoms with Crippen molar-refractivity contribution in [3.8, 4) is 11.1 Å². The molecular weight excluding hydrogens is 480 g/mol. The number of aliphatic imine (C=N–C) groups is 1. The topological polar surface area (TPSA) is 134 Å². The standard InChI is InChI=1S/C25H26N6O4S/c1-4-16-5-7-17(8-6-16)20-19(15(3)32)14(2)27-25-21(20)22(26)23(36-25)24(33)28-18-13-31(29-35-18)30-9-11-34-12-10-30/h5-8,13H,4,9-12H2,1-3H3,(H2-,26,28,29,33). The fourth-order valence-electron chi connectivity index (χ4n) is 4.37. The van der Waals surface area contributed by atoms with Crippen molar-refractivity contribution in [2.75, 3.05) is 37.0 Å². The number of fused-ring (bicyclic) bond motifs is 1. The van der Waals surface area contributed by atoms with Gasteiger partial charge in [-0.25, -0.2) is 9.98 Å². The number of morpholine rings is 1. The summed E-state index contributed by atoms with van der Waals surface area (Å²) in [5.74, 6) is -0.615. The largest absolute Gasteiger partial charge is 0.857 e. The van der Waals surface area contributed by atoms with Crippen molar-refractivity contribution in [3.05, 3.63) is 52.2 Å². The molecule has 1 saturated heterocycles. The van der Waals surface area contributed by atoms with Gasteiger partial charge in [0.05, 0.1) is 47.4 Å². The fraction of sp³-hybridized carbons (Fsp3) is 0.320. The molecule has 4 heterocycles. The number of rotatable bonds is 6. The van der Waals surface area contributed by atoms with E-state index in [1.165, 1.54) is 17.3 Å². The van der Waals surface area contributed by atoms with Crippen molar-refractivity contribution in [2.45, 2.75) is 27.2 Å². The maximum absolute atomic E-state index is 13.2. The number of nitrogens with zero attached hydrogens (tertiary/aromatic N) is 5. The molecule has 0 amide bonds. The number of benzene rings is 1. The summed E-state index contributed by atoms with van der Waals surface area (Å²) in [5.41, 5.74) is 10.6. The van der Waals surface area contributed by atoms with E-state index >= 15 is 0 Å². The Kier molecular flexibility index (Phi) is 6.42. The second-order valence-electron chi connectivity index (χ2n) is 8.52. The van der Waals surface area contributed by atoms with E-state index in [2.05, 4.69) is 22.2 Å². The number of aromatic nitrogens is 3. The van der Waals surface area contributed by atoms with Gasteiger partial charge >= 0.3 is 5.88 Å². The molecule has 0 atom stereocenters. The summed E-state index contributed by atoms with van der Waals surface area (Å²) in [7, 11) is 0. The number of carbonyl (C=O) groups excluding carboxylic acids is 1. The average molecular weight is 507 g/mol. The number of nitrogens with two attached hydrogens (primary N) is 1. The predicted octanol–water partition coefficient (Wildman–Crippen LogP) is 2.30. The molecule has 0 aliphatic carbocycles. The average Bonchev–Trinajstić information content (AvgIpc) is 3.48. The van der Waals surface area contributed by atoms with Crippen molar-refractivity contribution in [1.82, 2.24) is 10.3 Å². The lowest BCUT2D eigenvalue weighted by atomic mass is 9.92. The Bertz CT molecular complexity index is 1470. The van der Waals surface area contributed by atoms with Gasteiger partial charge in [-0.2, -0.15) is 0 Å². The third-order valence-electron chi connectivity index (χ3n) is 6.19. The second-order valence-corrected chi connectivity index (χ2v) is 9.52. The van der Waals surface area contributed by atoms with Gasteiger partial charge in [0, 0.05) is 22.4 Å². The maximum atomic E-state index is 13.2. The van der Waals surface area contributed by atoms with Crippen LogP contribution in [-0.4, -0.2) is 48.2 Å². The second kappa shape index (κ2) is 9.67. The van der Waals surface area contributed by atoms with Crippen LogP contribution >= 0.6 is 11.3 Å². The van der Waals surface area contributed by atoms with Gasteiger partial charge in [0.1, 0.15) is 4.83 Å². The Morgan fingerprint density at radius 2 is 2.00 bits per heavy atom. The third-order valence-corrected chi connectivity index (χ3v) is 7.28. The molecule has 5 rings (SSSR count). The Hall–Kier alpha value is -3.83. The first kappa shape index (κ1) is 23.9. The molecule has 1 aliphatic heterocycles. The van der Waals surface area contributed by atoms with Crippen LogP contribution in [0.2, 0.25) is 0 Å². The molecule has 0 spiro atoms. The van der Waals surface area contributed by atoms with Gasteiger partial charge in [-0.1, -0.05) is 31.2 Å². The molecular formula is C25H26N6O4S. The van der Waals surface area contributed by atoms with E-state index < -0.39 is 5.90 Å². The van der Waals surface area contributed by atoms with Crippen molar-refractivity contribution in [2.24, 2.45) is 4.99 Å². The number of hydrogen-bond acceptors (Lipinski definition) is 10. The summed E-state index contributed by atoms with van der Waals surface area (Å²) in [6, 6.07) is 8.00. The van der Waals surface area contributed by atoms with Crippen LogP contribution in [0.4, 0.5) is 11.6 Å². The van der Waals surface area contributed by atoms with Crippen LogP contribution in [0.15, 0.2) is 40.0 Å². The van der Waals surface area contributed by atoms with Crippen molar-refractivity contribution < 1.29 is 24.0 Å². The van der Waals surface area contributed by atoms with Gasteiger partial charge in [-0.15, -0.1) is 16.3 Å². The molecule has 1 aliphatic rings. The van der Waals surface area contributed by atoms with Gasteiger partial charge in [0.15, 0.2) is 5.78 Å². The van der Waals surface area contributed by atoms with Gasteiger partial charge in [0.25, 0.3) is 6.20 Å². The zero-order chi connectivity index (χ0) is 25.4. The Labute approximate surface area is 211 Å². The zero-order valence-corrected chi connectivity index (χ0v) is 21.1. The number of hydrogen-bond donors (Lipinski definition) is 1. The smallest absolute Gasteiger partial charge is 0.324 e. The van der Waals surface area contributed by atoms with Crippen LogP contribution in [0.1, 0.15) is 40.3 Å². The third kappa shape index (κ3) is 4.31. The molecule has 10 nitrogen and oxygen atoms in total. The van der Waals surface area contributed by atoms with Gasteiger partial charge in [-0.05, 0) is 31.4 Å². The van der Waals surface area contributed by atoms with Crippen LogP contribution in [0.25, 0.3) is 21.3 Å².